The second-order valence-electron chi connectivity index (χ2n) is 9.63. The molecular formula is C26H32ClN7O3. The molecule has 0 bridgehead atoms. The van der Waals surface area contributed by atoms with Crippen molar-refractivity contribution in [2.45, 2.75) is 38.5 Å². The Bertz CT molecular complexity index is 1290. The molecule has 2 aromatic heterocycles. The van der Waals surface area contributed by atoms with E-state index < -0.39 is 0 Å². The zero-order chi connectivity index (χ0) is 25.9. The number of halogens is 1. The summed E-state index contributed by atoms with van der Waals surface area (Å²) in [5.74, 6) is 2.28. The van der Waals surface area contributed by atoms with Gasteiger partial charge in [-0.15, -0.1) is 0 Å². The predicted octanol–water partition coefficient (Wildman–Crippen LogP) is 4.28. The summed E-state index contributed by atoms with van der Waals surface area (Å²) in [7, 11) is 3.12. The third-order valence-corrected chi connectivity index (χ3v) is 7.35. The van der Waals surface area contributed by atoms with Crippen LogP contribution in [0.4, 0.5) is 11.8 Å². The smallest absolute Gasteiger partial charge is 0.321 e. The maximum absolute atomic E-state index is 13.3. The number of nitrogens with zero attached hydrogens (tertiary/aromatic N) is 4. The van der Waals surface area contributed by atoms with Crippen molar-refractivity contribution in [3.63, 3.8) is 0 Å². The average Bonchev–Trinajstić information content (AvgIpc) is 3.69. The Morgan fingerprint density at radius 2 is 1.92 bits per heavy atom. The number of fused-ring (bicyclic) bond motifs is 1. The maximum atomic E-state index is 13.3. The molecule has 1 saturated heterocycles. The lowest BCUT2D eigenvalue weighted by Gasteiger charge is -2.33. The first-order chi connectivity index (χ1) is 17.9. The van der Waals surface area contributed by atoms with Gasteiger partial charge in [0.1, 0.15) is 5.82 Å². The molecule has 11 heteroatoms. The van der Waals surface area contributed by atoms with E-state index in [0.29, 0.717) is 52.4 Å². The van der Waals surface area contributed by atoms with E-state index in [1.807, 2.05) is 12.1 Å². The fourth-order valence-corrected chi connectivity index (χ4v) is 4.98. The van der Waals surface area contributed by atoms with Gasteiger partial charge in [0, 0.05) is 35.4 Å². The molecule has 0 atom stereocenters. The number of ether oxygens (including phenoxy) is 2. The van der Waals surface area contributed by atoms with E-state index in [1.54, 1.807) is 26.4 Å². The summed E-state index contributed by atoms with van der Waals surface area (Å²) < 4.78 is 10.5. The molecule has 3 heterocycles. The summed E-state index contributed by atoms with van der Waals surface area (Å²) in [5, 5.41) is 3.53. The van der Waals surface area contributed by atoms with Crippen LogP contribution in [0.5, 0.6) is 11.9 Å². The predicted molar refractivity (Wildman–Crippen MR) is 143 cm³/mol. The number of imidazole rings is 1. The number of amides is 1. The number of hydrogen-bond acceptors (Lipinski definition) is 8. The summed E-state index contributed by atoms with van der Waals surface area (Å²) in [6.45, 7) is 1.72. The molecule has 0 radical (unpaired) electrons. The monoisotopic (exact) mass is 525 g/mol. The molecule has 196 valence electrons. The molecule has 1 aliphatic carbocycles. The fourth-order valence-electron chi connectivity index (χ4n) is 4.80. The van der Waals surface area contributed by atoms with Crippen molar-refractivity contribution in [1.82, 2.24) is 19.9 Å². The third kappa shape index (κ3) is 5.90. The van der Waals surface area contributed by atoms with Crippen LogP contribution in [0.1, 0.15) is 38.5 Å². The molecule has 0 spiro atoms. The van der Waals surface area contributed by atoms with Crippen molar-refractivity contribution in [3.8, 4) is 11.9 Å². The van der Waals surface area contributed by atoms with Gasteiger partial charge in [0.2, 0.25) is 11.8 Å². The van der Waals surface area contributed by atoms with Gasteiger partial charge in [-0.1, -0.05) is 11.6 Å². The number of piperidine rings is 1. The quantitative estimate of drug-likeness (QED) is 0.353. The molecule has 1 aliphatic heterocycles. The first-order valence-electron chi connectivity index (χ1n) is 12.6. The summed E-state index contributed by atoms with van der Waals surface area (Å²) in [6.07, 6.45) is 5.61. The summed E-state index contributed by atoms with van der Waals surface area (Å²) in [4.78, 5) is 31.7. The number of methoxy groups -OCH3 is 2. The molecule has 1 aromatic carbocycles. The van der Waals surface area contributed by atoms with Crippen LogP contribution in [0.3, 0.4) is 0 Å². The molecule has 2 fully saturated rings. The number of carbonyl (C=O) groups is 1. The van der Waals surface area contributed by atoms with Gasteiger partial charge in [-0.25, -0.2) is 4.98 Å². The highest BCUT2D eigenvalue weighted by atomic mass is 35.5. The summed E-state index contributed by atoms with van der Waals surface area (Å²) in [6, 6.07) is 7.50. The van der Waals surface area contributed by atoms with Crippen molar-refractivity contribution >= 4 is 40.3 Å². The van der Waals surface area contributed by atoms with Crippen molar-refractivity contribution in [1.29, 1.82) is 0 Å². The van der Waals surface area contributed by atoms with Crippen LogP contribution < -0.4 is 25.4 Å². The summed E-state index contributed by atoms with van der Waals surface area (Å²) >= 11 is 6.07. The van der Waals surface area contributed by atoms with Crippen LogP contribution in [-0.4, -0.2) is 53.2 Å². The van der Waals surface area contributed by atoms with E-state index in [1.165, 1.54) is 0 Å². The zero-order valence-corrected chi connectivity index (χ0v) is 21.8. The normalized spacial score (nSPS) is 17.0. The Morgan fingerprint density at radius 1 is 1.14 bits per heavy atom. The molecule has 0 unspecified atom stereocenters. The van der Waals surface area contributed by atoms with Gasteiger partial charge >= 0.3 is 6.01 Å². The van der Waals surface area contributed by atoms with Gasteiger partial charge < -0.3 is 25.1 Å². The van der Waals surface area contributed by atoms with Crippen LogP contribution in [0.15, 0.2) is 35.5 Å². The lowest BCUT2D eigenvalue weighted by Crippen LogP contribution is -2.34. The van der Waals surface area contributed by atoms with E-state index in [2.05, 4.69) is 30.2 Å². The number of aromatic nitrogens is 4. The second-order valence-corrected chi connectivity index (χ2v) is 10.1. The molecular weight excluding hydrogens is 494 g/mol. The lowest BCUT2D eigenvalue weighted by atomic mass is 9.89. The number of carbonyl (C=O) groups excluding carboxylic acids is 1. The first-order valence-corrected chi connectivity index (χ1v) is 13.0. The van der Waals surface area contributed by atoms with Crippen molar-refractivity contribution < 1.29 is 14.3 Å². The molecule has 4 N–H and O–H groups in total. The van der Waals surface area contributed by atoms with E-state index in [9.17, 15) is 4.79 Å². The molecule has 5 rings (SSSR count). The first kappa shape index (κ1) is 25.1. The number of rotatable bonds is 9. The maximum Gasteiger partial charge on any atom is 0.321 e. The van der Waals surface area contributed by atoms with E-state index >= 15 is 0 Å². The summed E-state index contributed by atoms with van der Waals surface area (Å²) in [5.41, 5.74) is 9.37. The van der Waals surface area contributed by atoms with Crippen molar-refractivity contribution in [2.75, 3.05) is 37.5 Å². The Hall–Kier alpha value is -3.53. The largest absolute Gasteiger partial charge is 0.481 e. The number of anilines is 2. The highest BCUT2D eigenvalue weighted by molar-refractivity contribution is 6.31. The molecule has 10 nitrogen and oxygen atoms in total. The Morgan fingerprint density at radius 3 is 2.62 bits per heavy atom. The number of nitrogens with one attached hydrogen (secondary N) is 2. The zero-order valence-electron chi connectivity index (χ0n) is 21.1. The SMILES string of the molecule is COc1cc(N2CCC(CC/C(C(=O)Nc3nc4ccc(Cl)cc4[nH]3)=C(/N)C3CC3)CC2)nc(OC)n1. The highest BCUT2D eigenvalue weighted by Gasteiger charge is 2.30. The molecule has 1 saturated carbocycles. The fraction of sp³-hybridized carbons (Fsp3) is 0.462. The number of H-pyrrole nitrogens is 1. The average molecular weight is 526 g/mol. The number of benzene rings is 1. The van der Waals surface area contributed by atoms with Gasteiger partial charge in [-0.3, -0.25) is 10.1 Å². The van der Waals surface area contributed by atoms with Gasteiger partial charge in [0.15, 0.2) is 0 Å². The van der Waals surface area contributed by atoms with Crippen LogP contribution in [0, 0.1) is 11.8 Å². The highest BCUT2D eigenvalue weighted by Crippen LogP contribution is 2.37. The number of hydrogen-bond donors (Lipinski definition) is 3. The van der Waals surface area contributed by atoms with Crippen molar-refractivity contribution in [3.05, 3.63) is 40.6 Å². The number of allylic oxidation sites excluding steroid dienone is 1. The molecule has 37 heavy (non-hydrogen) atoms. The van der Waals surface area contributed by atoms with Gasteiger partial charge in [0.25, 0.3) is 5.91 Å². The third-order valence-electron chi connectivity index (χ3n) is 7.12. The minimum absolute atomic E-state index is 0.188. The Labute approximate surface area is 220 Å². The molecule has 2 aliphatic rings. The van der Waals surface area contributed by atoms with E-state index in [4.69, 9.17) is 26.8 Å². The molecule has 3 aromatic rings. The van der Waals surface area contributed by atoms with Crippen LogP contribution in [-0.2, 0) is 4.79 Å². The second kappa shape index (κ2) is 10.8. The van der Waals surface area contributed by atoms with Gasteiger partial charge in [0.05, 0.1) is 25.3 Å². The Balaban J connectivity index is 1.21. The van der Waals surface area contributed by atoms with Crippen LogP contribution >= 0.6 is 11.6 Å². The standard InChI is InChI=1S/C26H32ClN7O3/c1-36-22-14-21(31-26(32-22)37-2)34-11-9-15(10-12-34)3-7-18(23(28)16-4-5-16)24(35)33-25-29-19-8-6-17(27)13-20(19)30-25/h6,8,13-16H,3-5,7,9-12,28H2,1-2H3,(H2,29,30,33,35)/b23-18-. The minimum atomic E-state index is -0.188. The van der Waals surface area contributed by atoms with Gasteiger partial charge in [-0.05, 0) is 68.6 Å². The Kier molecular flexibility index (Phi) is 7.36. The minimum Gasteiger partial charge on any atom is -0.481 e. The van der Waals surface area contributed by atoms with Crippen LogP contribution in [0.25, 0.3) is 11.0 Å². The molecule has 1 amide bonds. The van der Waals surface area contributed by atoms with Crippen LogP contribution in [0.2, 0.25) is 5.02 Å². The number of nitrogens with two attached hydrogens (primary N) is 1. The van der Waals surface area contributed by atoms with E-state index in [0.717, 1.165) is 62.0 Å². The lowest BCUT2D eigenvalue weighted by molar-refractivity contribution is -0.113. The topological polar surface area (TPSA) is 131 Å². The van der Waals surface area contributed by atoms with Crippen molar-refractivity contribution in [2.24, 2.45) is 17.6 Å². The van der Waals surface area contributed by atoms with Gasteiger partial charge in [-0.2, -0.15) is 9.97 Å². The number of aromatic amines is 1. The van der Waals surface area contributed by atoms with E-state index in [-0.39, 0.29) is 5.91 Å².